The summed E-state index contributed by atoms with van der Waals surface area (Å²) in [6.45, 7) is 8.87. The topological polar surface area (TPSA) is 37.0 Å². The Hall–Kier alpha value is -1.58. The Morgan fingerprint density at radius 1 is 1.39 bits per heavy atom. The van der Waals surface area contributed by atoms with Gasteiger partial charge < -0.3 is 15.0 Å². The second-order valence-electron chi connectivity index (χ2n) is 4.59. The van der Waals surface area contributed by atoms with E-state index in [1.54, 1.807) is 0 Å². The van der Waals surface area contributed by atoms with Crippen LogP contribution in [0.4, 0.5) is 0 Å². The van der Waals surface area contributed by atoms with Crippen LogP contribution in [-0.2, 0) is 11.3 Å². The molecule has 1 aromatic carbocycles. The molecule has 0 radical (unpaired) electrons. The molecule has 0 unspecified atom stereocenters. The van der Waals surface area contributed by atoms with E-state index in [9.17, 15) is 0 Å². The first kappa shape index (κ1) is 12.9. The normalized spacial score (nSPS) is 10.9. The van der Waals surface area contributed by atoms with Gasteiger partial charge in [0.15, 0.2) is 0 Å². The van der Waals surface area contributed by atoms with Crippen molar-refractivity contribution in [3.63, 3.8) is 0 Å². The molecule has 0 amide bonds. The average molecular weight is 244 g/mol. The van der Waals surface area contributed by atoms with E-state index in [1.807, 2.05) is 13.1 Å². The van der Waals surface area contributed by atoms with Crippen molar-refractivity contribution in [3.8, 4) is 0 Å². The maximum absolute atomic E-state index is 5.42. The van der Waals surface area contributed by atoms with Crippen molar-refractivity contribution < 1.29 is 4.74 Å². The summed E-state index contributed by atoms with van der Waals surface area (Å²) in [4.78, 5) is 3.19. The highest BCUT2D eigenvalue weighted by molar-refractivity contribution is 5.79. The van der Waals surface area contributed by atoms with E-state index in [1.165, 1.54) is 16.5 Å². The lowest BCUT2D eigenvalue weighted by molar-refractivity contribution is 0.158. The zero-order chi connectivity index (χ0) is 12.8. The number of benzene rings is 1. The molecule has 3 nitrogen and oxygen atoms in total. The van der Waals surface area contributed by atoms with Gasteiger partial charge >= 0.3 is 0 Å². The smallest absolute Gasteiger partial charge is 0.0672 e. The predicted octanol–water partition coefficient (Wildman–Crippen LogP) is 2.85. The fraction of sp³-hybridized carbons (Fsp3) is 0.333. The number of hydrogen-bond donors (Lipinski definition) is 2. The van der Waals surface area contributed by atoms with Crippen molar-refractivity contribution >= 4 is 10.9 Å². The van der Waals surface area contributed by atoms with Gasteiger partial charge in [-0.25, -0.2) is 0 Å². The minimum atomic E-state index is 0.650. The van der Waals surface area contributed by atoms with Gasteiger partial charge in [-0.2, -0.15) is 0 Å². The highest BCUT2D eigenvalue weighted by Crippen LogP contribution is 2.13. The van der Waals surface area contributed by atoms with Crippen LogP contribution in [0.1, 0.15) is 12.5 Å². The van der Waals surface area contributed by atoms with Crippen molar-refractivity contribution in [1.82, 2.24) is 10.3 Å². The van der Waals surface area contributed by atoms with Crippen molar-refractivity contribution in [2.45, 2.75) is 13.5 Å². The Morgan fingerprint density at radius 2 is 2.28 bits per heavy atom. The zero-order valence-corrected chi connectivity index (χ0v) is 10.8. The maximum atomic E-state index is 5.42. The van der Waals surface area contributed by atoms with Gasteiger partial charge in [0, 0.05) is 24.8 Å². The molecule has 0 aliphatic heterocycles. The molecule has 96 valence electrons. The molecule has 0 atom stereocenters. The monoisotopic (exact) mass is 244 g/mol. The number of H-pyrrole nitrogens is 1. The van der Waals surface area contributed by atoms with E-state index in [0.29, 0.717) is 6.61 Å². The van der Waals surface area contributed by atoms with Gasteiger partial charge in [0.05, 0.1) is 13.2 Å². The van der Waals surface area contributed by atoms with E-state index in [0.717, 1.165) is 25.3 Å². The first-order chi connectivity index (χ1) is 8.75. The van der Waals surface area contributed by atoms with E-state index in [4.69, 9.17) is 4.74 Å². The Morgan fingerprint density at radius 3 is 3.11 bits per heavy atom. The number of fused-ring (bicyclic) bond motifs is 1. The summed E-state index contributed by atoms with van der Waals surface area (Å²) >= 11 is 0. The summed E-state index contributed by atoms with van der Waals surface area (Å²) in [6.07, 6.45) is 1.97. The molecule has 0 fully saturated rings. The first-order valence-corrected chi connectivity index (χ1v) is 6.24. The summed E-state index contributed by atoms with van der Waals surface area (Å²) in [5.74, 6) is 0. The quantitative estimate of drug-likeness (QED) is 0.580. The van der Waals surface area contributed by atoms with Crippen LogP contribution in [-0.4, -0.2) is 24.7 Å². The number of ether oxygens (including phenoxy) is 1. The molecule has 1 aromatic heterocycles. The number of rotatable bonds is 7. The molecule has 2 rings (SSSR count). The fourth-order valence-corrected chi connectivity index (χ4v) is 1.84. The van der Waals surface area contributed by atoms with Crippen molar-refractivity contribution in [2.24, 2.45) is 0 Å². The average Bonchev–Trinajstić information content (AvgIpc) is 2.80. The standard InChI is InChI=1S/C15H20N2O/c1-12(2)11-18-8-7-16-10-13-3-4-15-14(9-13)5-6-17-15/h3-6,9,16-17H,1,7-8,10-11H2,2H3. The lowest BCUT2D eigenvalue weighted by Crippen LogP contribution is -2.19. The minimum Gasteiger partial charge on any atom is -0.376 e. The van der Waals surface area contributed by atoms with E-state index < -0.39 is 0 Å². The van der Waals surface area contributed by atoms with Crippen molar-refractivity contribution in [3.05, 3.63) is 48.2 Å². The Labute approximate surface area is 108 Å². The van der Waals surface area contributed by atoms with Crippen LogP contribution < -0.4 is 5.32 Å². The van der Waals surface area contributed by atoms with Gasteiger partial charge in [-0.1, -0.05) is 18.2 Å². The minimum absolute atomic E-state index is 0.650. The molecule has 0 saturated heterocycles. The van der Waals surface area contributed by atoms with Crippen LogP contribution in [0.25, 0.3) is 10.9 Å². The van der Waals surface area contributed by atoms with Gasteiger partial charge in [-0.3, -0.25) is 0 Å². The lowest BCUT2D eigenvalue weighted by Gasteiger charge is -2.06. The third kappa shape index (κ3) is 3.72. The van der Waals surface area contributed by atoms with Crippen molar-refractivity contribution in [2.75, 3.05) is 19.8 Å². The molecule has 2 aromatic rings. The number of hydrogen-bond acceptors (Lipinski definition) is 2. The fourth-order valence-electron chi connectivity index (χ4n) is 1.84. The highest BCUT2D eigenvalue weighted by atomic mass is 16.5. The third-order valence-electron chi connectivity index (χ3n) is 2.72. The highest BCUT2D eigenvalue weighted by Gasteiger charge is 1.97. The molecule has 0 aliphatic rings. The summed E-state index contributed by atoms with van der Waals surface area (Å²) in [5, 5.41) is 4.62. The van der Waals surface area contributed by atoms with E-state index in [2.05, 4.69) is 41.1 Å². The number of aromatic nitrogens is 1. The molecule has 0 aliphatic carbocycles. The van der Waals surface area contributed by atoms with Crippen LogP contribution in [0.3, 0.4) is 0 Å². The predicted molar refractivity (Wildman–Crippen MR) is 75.6 cm³/mol. The summed E-state index contributed by atoms with van der Waals surface area (Å²) < 4.78 is 5.42. The van der Waals surface area contributed by atoms with Crippen LogP contribution in [0.15, 0.2) is 42.6 Å². The Bertz CT molecular complexity index is 516. The van der Waals surface area contributed by atoms with Crippen molar-refractivity contribution in [1.29, 1.82) is 0 Å². The van der Waals surface area contributed by atoms with Gasteiger partial charge in [0.1, 0.15) is 0 Å². The van der Waals surface area contributed by atoms with E-state index in [-0.39, 0.29) is 0 Å². The molecule has 0 saturated carbocycles. The second kappa shape index (κ2) is 6.38. The summed E-state index contributed by atoms with van der Waals surface area (Å²) in [7, 11) is 0. The van der Waals surface area contributed by atoms with Crippen LogP contribution in [0.2, 0.25) is 0 Å². The van der Waals surface area contributed by atoms with Crippen LogP contribution >= 0.6 is 0 Å². The second-order valence-corrected chi connectivity index (χ2v) is 4.59. The first-order valence-electron chi connectivity index (χ1n) is 6.24. The Balaban J connectivity index is 1.71. The molecule has 0 bridgehead atoms. The maximum Gasteiger partial charge on any atom is 0.0672 e. The molecule has 2 N–H and O–H groups in total. The zero-order valence-electron chi connectivity index (χ0n) is 10.8. The molecular formula is C15H20N2O. The molecule has 0 spiro atoms. The summed E-state index contributed by atoms with van der Waals surface area (Å²) in [5.41, 5.74) is 3.54. The molecular weight excluding hydrogens is 224 g/mol. The number of nitrogens with one attached hydrogen (secondary N) is 2. The van der Waals surface area contributed by atoms with Crippen LogP contribution in [0.5, 0.6) is 0 Å². The van der Waals surface area contributed by atoms with Crippen LogP contribution in [0, 0.1) is 0 Å². The van der Waals surface area contributed by atoms with Gasteiger partial charge in [-0.05, 0) is 36.1 Å². The van der Waals surface area contributed by atoms with Gasteiger partial charge in [0.2, 0.25) is 0 Å². The third-order valence-corrected chi connectivity index (χ3v) is 2.72. The van der Waals surface area contributed by atoms with E-state index >= 15 is 0 Å². The van der Waals surface area contributed by atoms with Gasteiger partial charge in [-0.15, -0.1) is 0 Å². The van der Waals surface area contributed by atoms with Gasteiger partial charge in [0.25, 0.3) is 0 Å². The number of aromatic amines is 1. The Kier molecular flexibility index (Phi) is 4.56. The largest absolute Gasteiger partial charge is 0.376 e. The molecule has 1 heterocycles. The SMILES string of the molecule is C=C(C)COCCNCc1ccc2[nH]ccc2c1. The summed E-state index contributed by atoms with van der Waals surface area (Å²) in [6, 6.07) is 8.55. The lowest BCUT2D eigenvalue weighted by atomic mass is 10.1. The molecule has 18 heavy (non-hydrogen) atoms. The molecule has 3 heteroatoms.